The molecule has 1 aromatic rings. The molecule has 1 atom stereocenters. The van der Waals surface area contributed by atoms with Crippen molar-refractivity contribution in [3.8, 4) is 5.75 Å². The summed E-state index contributed by atoms with van der Waals surface area (Å²) in [6.07, 6.45) is -4.60. The SMILES string of the molecule is COc1ccccc1CC(C)(NCC(F)(F)F)C(=O)O. The Morgan fingerprint density at radius 1 is 1.35 bits per heavy atom. The van der Waals surface area contributed by atoms with Gasteiger partial charge in [-0.25, -0.2) is 0 Å². The number of carbonyl (C=O) groups is 1. The van der Waals surface area contributed by atoms with Gasteiger partial charge in [0.05, 0.1) is 13.7 Å². The molecule has 1 rings (SSSR count). The average Bonchev–Trinajstić information content (AvgIpc) is 2.36. The van der Waals surface area contributed by atoms with E-state index in [9.17, 15) is 23.1 Å². The summed E-state index contributed by atoms with van der Waals surface area (Å²) in [4.78, 5) is 11.3. The third kappa shape index (κ3) is 4.41. The topological polar surface area (TPSA) is 58.6 Å². The number of rotatable bonds is 6. The van der Waals surface area contributed by atoms with E-state index < -0.39 is 24.2 Å². The van der Waals surface area contributed by atoms with E-state index in [0.717, 1.165) is 0 Å². The molecule has 0 heterocycles. The second-order valence-electron chi connectivity index (χ2n) is 4.59. The summed E-state index contributed by atoms with van der Waals surface area (Å²) in [7, 11) is 1.42. The number of halogens is 3. The molecular weight excluding hydrogens is 275 g/mol. The molecule has 7 heteroatoms. The molecule has 0 aromatic heterocycles. The monoisotopic (exact) mass is 291 g/mol. The summed E-state index contributed by atoms with van der Waals surface area (Å²) in [6, 6.07) is 6.62. The number of ether oxygens (including phenoxy) is 1. The van der Waals surface area contributed by atoms with E-state index in [1.807, 2.05) is 0 Å². The van der Waals surface area contributed by atoms with Crippen molar-refractivity contribution in [3.63, 3.8) is 0 Å². The van der Waals surface area contributed by atoms with E-state index in [1.54, 1.807) is 24.3 Å². The van der Waals surface area contributed by atoms with Crippen molar-refractivity contribution in [2.75, 3.05) is 13.7 Å². The number of carboxylic acids is 1. The third-order valence-electron chi connectivity index (χ3n) is 2.89. The van der Waals surface area contributed by atoms with E-state index in [1.165, 1.54) is 14.0 Å². The summed E-state index contributed by atoms with van der Waals surface area (Å²) in [5.41, 5.74) is -1.21. The fourth-order valence-corrected chi connectivity index (χ4v) is 1.74. The van der Waals surface area contributed by atoms with Crippen LogP contribution in [-0.4, -0.2) is 36.4 Å². The van der Waals surface area contributed by atoms with Gasteiger partial charge in [0.15, 0.2) is 0 Å². The quantitative estimate of drug-likeness (QED) is 0.844. The number of nitrogens with one attached hydrogen (secondary N) is 1. The number of hydrogen-bond donors (Lipinski definition) is 2. The number of benzene rings is 1. The van der Waals surface area contributed by atoms with Crippen molar-refractivity contribution >= 4 is 5.97 Å². The highest BCUT2D eigenvalue weighted by Crippen LogP contribution is 2.24. The maximum atomic E-state index is 12.3. The van der Waals surface area contributed by atoms with Crippen LogP contribution in [0, 0.1) is 0 Å². The number of hydrogen-bond acceptors (Lipinski definition) is 3. The van der Waals surface area contributed by atoms with Gasteiger partial charge in [0.25, 0.3) is 0 Å². The molecule has 1 unspecified atom stereocenters. The standard InChI is InChI=1S/C13H16F3NO3/c1-12(11(18)19,17-8-13(14,15)16)7-9-5-3-4-6-10(9)20-2/h3-6,17H,7-8H2,1-2H3,(H,18,19). The van der Waals surface area contributed by atoms with Crippen molar-refractivity contribution in [3.05, 3.63) is 29.8 Å². The first-order chi connectivity index (χ1) is 9.18. The number of aliphatic carboxylic acids is 1. The molecule has 0 fully saturated rings. The highest BCUT2D eigenvalue weighted by Gasteiger charge is 2.38. The second kappa shape index (κ2) is 6.13. The Hall–Kier alpha value is -1.76. The zero-order valence-corrected chi connectivity index (χ0v) is 11.1. The fourth-order valence-electron chi connectivity index (χ4n) is 1.74. The predicted octanol–water partition coefficient (Wildman–Crippen LogP) is 2.23. The van der Waals surface area contributed by atoms with Crippen LogP contribution in [0.5, 0.6) is 5.75 Å². The minimum absolute atomic E-state index is 0.123. The predicted molar refractivity (Wildman–Crippen MR) is 66.8 cm³/mol. The van der Waals surface area contributed by atoms with Gasteiger partial charge in [-0.05, 0) is 18.6 Å². The van der Waals surface area contributed by atoms with Crippen LogP contribution in [0.2, 0.25) is 0 Å². The molecule has 0 saturated heterocycles. The molecule has 0 bridgehead atoms. The summed E-state index contributed by atoms with van der Waals surface area (Å²) in [5.74, 6) is -0.915. The van der Waals surface area contributed by atoms with Crippen molar-refractivity contribution < 1.29 is 27.8 Å². The van der Waals surface area contributed by atoms with Gasteiger partial charge in [0.2, 0.25) is 0 Å². The first kappa shape index (κ1) is 16.3. The average molecular weight is 291 g/mol. The van der Waals surface area contributed by atoms with E-state index in [2.05, 4.69) is 5.32 Å². The van der Waals surface area contributed by atoms with Crippen LogP contribution in [0.15, 0.2) is 24.3 Å². The molecule has 0 amide bonds. The van der Waals surface area contributed by atoms with Crippen LogP contribution in [-0.2, 0) is 11.2 Å². The van der Waals surface area contributed by atoms with E-state index >= 15 is 0 Å². The number of alkyl halides is 3. The Morgan fingerprint density at radius 2 is 1.95 bits per heavy atom. The molecule has 4 nitrogen and oxygen atoms in total. The van der Waals surface area contributed by atoms with Gasteiger partial charge in [0, 0.05) is 6.42 Å². The highest BCUT2D eigenvalue weighted by atomic mass is 19.4. The first-order valence-corrected chi connectivity index (χ1v) is 5.85. The zero-order chi connectivity index (χ0) is 15.4. The van der Waals surface area contributed by atoms with Gasteiger partial charge >= 0.3 is 12.1 Å². The van der Waals surface area contributed by atoms with Crippen LogP contribution < -0.4 is 10.1 Å². The van der Waals surface area contributed by atoms with Crippen molar-refractivity contribution in [1.82, 2.24) is 5.32 Å². The largest absolute Gasteiger partial charge is 0.496 e. The van der Waals surface area contributed by atoms with Gasteiger partial charge in [-0.2, -0.15) is 13.2 Å². The Kier molecular flexibility index (Phi) is 4.99. The van der Waals surface area contributed by atoms with Gasteiger partial charge in [0.1, 0.15) is 11.3 Å². The maximum Gasteiger partial charge on any atom is 0.401 e. The van der Waals surface area contributed by atoms with Gasteiger partial charge in [-0.15, -0.1) is 0 Å². The van der Waals surface area contributed by atoms with Crippen LogP contribution in [0.1, 0.15) is 12.5 Å². The molecule has 2 N–H and O–H groups in total. The minimum atomic E-state index is -4.47. The molecule has 0 spiro atoms. The summed E-state index contributed by atoms with van der Waals surface area (Å²) < 4.78 is 41.8. The smallest absolute Gasteiger partial charge is 0.401 e. The van der Waals surface area contributed by atoms with E-state index in [4.69, 9.17) is 4.74 Å². The van der Waals surface area contributed by atoms with Gasteiger partial charge in [-0.3, -0.25) is 10.1 Å². The summed E-state index contributed by atoms with van der Waals surface area (Å²) in [6.45, 7) is -0.154. The van der Waals surface area contributed by atoms with Crippen molar-refractivity contribution in [2.45, 2.75) is 25.1 Å². The molecule has 0 radical (unpaired) electrons. The number of para-hydroxylation sites is 1. The molecule has 0 saturated carbocycles. The van der Waals surface area contributed by atoms with Crippen LogP contribution >= 0.6 is 0 Å². The summed E-state index contributed by atoms with van der Waals surface area (Å²) in [5, 5.41) is 11.2. The Labute approximate surface area is 114 Å². The first-order valence-electron chi connectivity index (χ1n) is 5.85. The highest BCUT2D eigenvalue weighted by molar-refractivity contribution is 5.79. The normalized spacial score (nSPS) is 14.7. The van der Waals surface area contributed by atoms with E-state index in [0.29, 0.717) is 11.3 Å². The van der Waals surface area contributed by atoms with E-state index in [-0.39, 0.29) is 6.42 Å². The second-order valence-corrected chi connectivity index (χ2v) is 4.59. The molecule has 20 heavy (non-hydrogen) atoms. The molecule has 1 aromatic carbocycles. The van der Waals surface area contributed by atoms with Crippen LogP contribution in [0.3, 0.4) is 0 Å². The van der Waals surface area contributed by atoms with Crippen LogP contribution in [0.25, 0.3) is 0 Å². The van der Waals surface area contributed by atoms with Gasteiger partial charge < -0.3 is 9.84 Å². The molecule has 0 aliphatic carbocycles. The molecular formula is C13H16F3NO3. The molecule has 112 valence electrons. The lowest BCUT2D eigenvalue weighted by molar-refractivity contribution is -0.149. The van der Waals surface area contributed by atoms with Crippen LogP contribution in [0.4, 0.5) is 13.2 Å². The fraction of sp³-hybridized carbons (Fsp3) is 0.462. The summed E-state index contributed by atoms with van der Waals surface area (Å²) >= 11 is 0. The lowest BCUT2D eigenvalue weighted by Gasteiger charge is -2.27. The number of carboxylic acid groups (broad SMARTS) is 1. The maximum absolute atomic E-state index is 12.3. The Balaban J connectivity index is 2.94. The third-order valence-corrected chi connectivity index (χ3v) is 2.89. The van der Waals surface area contributed by atoms with Gasteiger partial charge in [-0.1, -0.05) is 18.2 Å². The Morgan fingerprint density at radius 3 is 2.45 bits per heavy atom. The molecule has 0 aliphatic rings. The lowest BCUT2D eigenvalue weighted by atomic mass is 9.92. The minimum Gasteiger partial charge on any atom is -0.496 e. The zero-order valence-electron chi connectivity index (χ0n) is 11.1. The van der Waals surface area contributed by atoms with Crippen molar-refractivity contribution in [1.29, 1.82) is 0 Å². The lowest BCUT2D eigenvalue weighted by Crippen LogP contribution is -2.54. The molecule has 0 aliphatic heterocycles. The van der Waals surface area contributed by atoms with Crippen molar-refractivity contribution in [2.24, 2.45) is 0 Å². The Bertz CT molecular complexity index is 476. The number of methoxy groups -OCH3 is 1.